The molecule has 1 aromatic rings. The number of nitrogens with zero attached hydrogens (tertiary/aromatic N) is 1. The zero-order valence-electron chi connectivity index (χ0n) is 14.1. The summed E-state index contributed by atoms with van der Waals surface area (Å²) in [6.07, 6.45) is 2.90. The number of hydrogen-bond donors (Lipinski definition) is 1. The standard InChI is InChI=1S/C19H25NO2S/c1-4-22-19(21)18-16(8-12(2)7-13(3)23)10-15-6-5-14(11-20)9-17(15)18/h5-6,9,12-13,16,18,23H,4,7-8,10H2,1-3H3. The highest BCUT2D eigenvalue weighted by Gasteiger charge is 2.39. The van der Waals surface area contributed by atoms with Crippen LogP contribution in [-0.2, 0) is 16.0 Å². The maximum Gasteiger partial charge on any atom is 0.313 e. The Labute approximate surface area is 144 Å². The quantitative estimate of drug-likeness (QED) is 0.630. The number of benzene rings is 1. The first-order valence-corrected chi connectivity index (χ1v) is 8.85. The lowest BCUT2D eigenvalue weighted by Gasteiger charge is -2.23. The maximum absolute atomic E-state index is 12.5. The highest BCUT2D eigenvalue weighted by atomic mass is 32.1. The van der Waals surface area contributed by atoms with E-state index in [9.17, 15) is 4.79 Å². The van der Waals surface area contributed by atoms with Gasteiger partial charge in [0.25, 0.3) is 0 Å². The van der Waals surface area contributed by atoms with Crippen LogP contribution < -0.4 is 0 Å². The van der Waals surface area contributed by atoms with E-state index in [1.54, 1.807) is 0 Å². The zero-order valence-corrected chi connectivity index (χ0v) is 15.0. The smallest absolute Gasteiger partial charge is 0.313 e. The first-order chi connectivity index (χ1) is 11.0. The van der Waals surface area contributed by atoms with E-state index in [0.29, 0.717) is 23.3 Å². The Morgan fingerprint density at radius 2 is 2.22 bits per heavy atom. The molecule has 0 spiro atoms. The predicted molar refractivity (Wildman–Crippen MR) is 94.6 cm³/mol. The van der Waals surface area contributed by atoms with Crippen molar-refractivity contribution in [3.8, 4) is 6.07 Å². The van der Waals surface area contributed by atoms with E-state index in [4.69, 9.17) is 10.00 Å². The minimum absolute atomic E-state index is 0.155. The molecule has 0 heterocycles. The topological polar surface area (TPSA) is 50.1 Å². The molecule has 4 heteroatoms. The fraction of sp³-hybridized carbons (Fsp3) is 0.579. The molecule has 0 amide bonds. The third-order valence-corrected chi connectivity index (χ3v) is 4.76. The van der Waals surface area contributed by atoms with Crippen LogP contribution in [0.4, 0.5) is 0 Å². The summed E-state index contributed by atoms with van der Waals surface area (Å²) in [7, 11) is 0. The molecule has 0 saturated carbocycles. The summed E-state index contributed by atoms with van der Waals surface area (Å²) >= 11 is 4.48. The molecule has 3 nitrogen and oxygen atoms in total. The van der Waals surface area contributed by atoms with Crippen molar-refractivity contribution in [1.29, 1.82) is 5.26 Å². The molecule has 0 radical (unpaired) electrons. The molecule has 23 heavy (non-hydrogen) atoms. The molecule has 1 aliphatic carbocycles. The highest BCUT2D eigenvalue weighted by Crippen LogP contribution is 2.43. The van der Waals surface area contributed by atoms with Crippen molar-refractivity contribution in [2.75, 3.05) is 6.61 Å². The summed E-state index contributed by atoms with van der Waals surface area (Å²) in [4.78, 5) is 12.5. The molecule has 0 aromatic heterocycles. The number of thiol groups is 1. The van der Waals surface area contributed by atoms with Gasteiger partial charge in [-0.05, 0) is 66.5 Å². The van der Waals surface area contributed by atoms with Crippen LogP contribution in [-0.4, -0.2) is 17.8 Å². The Morgan fingerprint density at radius 3 is 2.83 bits per heavy atom. The summed E-state index contributed by atoms with van der Waals surface area (Å²) in [6, 6.07) is 7.86. The van der Waals surface area contributed by atoms with Crippen molar-refractivity contribution in [2.24, 2.45) is 11.8 Å². The second kappa shape index (κ2) is 7.88. The van der Waals surface area contributed by atoms with Gasteiger partial charge in [0.1, 0.15) is 0 Å². The molecule has 124 valence electrons. The van der Waals surface area contributed by atoms with Crippen molar-refractivity contribution in [1.82, 2.24) is 0 Å². The van der Waals surface area contributed by atoms with Crippen LogP contribution in [0.5, 0.6) is 0 Å². The SMILES string of the molecule is CCOC(=O)C1c2cc(C#N)ccc2CC1CC(C)CC(C)S. The van der Waals surface area contributed by atoms with Crippen LogP contribution in [0.15, 0.2) is 18.2 Å². The molecule has 0 N–H and O–H groups in total. The molecule has 0 aliphatic heterocycles. The fourth-order valence-corrected chi connectivity index (χ4v) is 4.12. The van der Waals surface area contributed by atoms with Gasteiger partial charge in [-0.1, -0.05) is 19.9 Å². The van der Waals surface area contributed by atoms with Gasteiger partial charge in [-0.3, -0.25) is 4.79 Å². The summed E-state index contributed by atoms with van der Waals surface area (Å²) in [5.41, 5.74) is 2.77. The average Bonchev–Trinajstić information content (AvgIpc) is 2.83. The van der Waals surface area contributed by atoms with Crippen molar-refractivity contribution in [3.63, 3.8) is 0 Å². The van der Waals surface area contributed by atoms with E-state index in [0.717, 1.165) is 24.8 Å². The van der Waals surface area contributed by atoms with Crippen LogP contribution in [0.1, 0.15) is 56.2 Å². The maximum atomic E-state index is 12.5. The van der Waals surface area contributed by atoms with Gasteiger partial charge in [-0.25, -0.2) is 0 Å². The third-order valence-electron chi connectivity index (χ3n) is 4.55. The lowest BCUT2D eigenvalue weighted by atomic mass is 9.84. The summed E-state index contributed by atoms with van der Waals surface area (Å²) in [6.45, 7) is 6.54. The molecular weight excluding hydrogens is 306 g/mol. The second-order valence-corrected chi connectivity index (χ2v) is 7.53. The van der Waals surface area contributed by atoms with E-state index in [1.807, 2.05) is 25.1 Å². The van der Waals surface area contributed by atoms with E-state index in [-0.39, 0.29) is 17.8 Å². The monoisotopic (exact) mass is 331 g/mol. The normalized spacial score (nSPS) is 22.0. The number of fused-ring (bicyclic) bond motifs is 1. The number of ether oxygens (including phenoxy) is 1. The van der Waals surface area contributed by atoms with Crippen molar-refractivity contribution >= 4 is 18.6 Å². The van der Waals surface area contributed by atoms with Gasteiger partial charge >= 0.3 is 5.97 Å². The zero-order chi connectivity index (χ0) is 17.0. The first kappa shape index (κ1) is 17.9. The van der Waals surface area contributed by atoms with Gasteiger partial charge < -0.3 is 4.74 Å². The summed E-state index contributed by atoms with van der Waals surface area (Å²) < 4.78 is 5.31. The molecule has 2 rings (SSSR count). The number of hydrogen-bond acceptors (Lipinski definition) is 4. The molecule has 4 atom stereocenters. The van der Waals surface area contributed by atoms with Crippen molar-refractivity contribution in [3.05, 3.63) is 34.9 Å². The van der Waals surface area contributed by atoms with Crippen LogP contribution in [0, 0.1) is 23.2 Å². The number of carbonyl (C=O) groups is 1. The Kier molecular flexibility index (Phi) is 6.12. The van der Waals surface area contributed by atoms with E-state index < -0.39 is 0 Å². The van der Waals surface area contributed by atoms with E-state index in [1.165, 1.54) is 5.56 Å². The third kappa shape index (κ3) is 4.29. The van der Waals surface area contributed by atoms with Crippen molar-refractivity contribution < 1.29 is 9.53 Å². The van der Waals surface area contributed by atoms with Crippen molar-refractivity contribution in [2.45, 2.75) is 51.2 Å². The Morgan fingerprint density at radius 1 is 1.48 bits per heavy atom. The van der Waals surface area contributed by atoms with Gasteiger partial charge in [0.15, 0.2) is 0 Å². The Bertz CT molecular complexity index is 606. The van der Waals surface area contributed by atoms with Crippen LogP contribution in [0.3, 0.4) is 0 Å². The number of rotatable bonds is 6. The predicted octanol–water partition coefficient (Wildman–Crippen LogP) is 4.11. The largest absolute Gasteiger partial charge is 0.466 e. The summed E-state index contributed by atoms with van der Waals surface area (Å²) in [5.74, 6) is 0.364. The Balaban J connectivity index is 2.25. The van der Waals surface area contributed by atoms with Gasteiger partial charge in [-0.2, -0.15) is 17.9 Å². The lowest BCUT2D eigenvalue weighted by Crippen LogP contribution is -2.23. The highest BCUT2D eigenvalue weighted by molar-refractivity contribution is 7.80. The fourth-order valence-electron chi connectivity index (χ4n) is 3.76. The van der Waals surface area contributed by atoms with E-state index >= 15 is 0 Å². The second-order valence-electron chi connectivity index (χ2n) is 6.64. The average molecular weight is 331 g/mol. The number of nitriles is 1. The molecule has 0 bridgehead atoms. The molecule has 1 aromatic carbocycles. The number of esters is 1. The molecule has 1 aliphatic rings. The van der Waals surface area contributed by atoms with Crippen LogP contribution >= 0.6 is 12.6 Å². The minimum atomic E-state index is -0.240. The molecular formula is C19H25NO2S. The van der Waals surface area contributed by atoms with Crippen LogP contribution in [0.2, 0.25) is 0 Å². The molecule has 0 fully saturated rings. The first-order valence-electron chi connectivity index (χ1n) is 8.33. The van der Waals surface area contributed by atoms with Gasteiger partial charge in [-0.15, -0.1) is 0 Å². The molecule has 4 unspecified atom stereocenters. The van der Waals surface area contributed by atoms with Gasteiger partial charge in [0.2, 0.25) is 0 Å². The van der Waals surface area contributed by atoms with Crippen LogP contribution in [0.25, 0.3) is 0 Å². The van der Waals surface area contributed by atoms with E-state index in [2.05, 4.69) is 32.5 Å². The molecule has 0 saturated heterocycles. The lowest BCUT2D eigenvalue weighted by molar-refractivity contribution is -0.146. The Hall–Kier alpha value is -1.47. The van der Waals surface area contributed by atoms with Gasteiger partial charge in [0.05, 0.1) is 24.2 Å². The number of carbonyl (C=O) groups excluding carboxylic acids is 1. The minimum Gasteiger partial charge on any atom is -0.466 e. The summed E-state index contributed by atoms with van der Waals surface area (Å²) in [5, 5.41) is 9.49. The van der Waals surface area contributed by atoms with Gasteiger partial charge in [0, 0.05) is 0 Å².